The van der Waals surface area contributed by atoms with E-state index in [1.54, 1.807) is 0 Å². The minimum absolute atomic E-state index is 0.162. The van der Waals surface area contributed by atoms with E-state index in [1.165, 1.54) is 5.69 Å². The molecule has 0 saturated carbocycles. The molecule has 31 heavy (non-hydrogen) atoms. The topological polar surface area (TPSA) is 102 Å². The van der Waals surface area contributed by atoms with Gasteiger partial charge in [-0.3, -0.25) is 19.7 Å². The van der Waals surface area contributed by atoms with Crippen LogP contribution in [0.5, 0.6) is 0 Å². The van der Waals surface area contributed by atoms with Gasteiger partial charge in [0.1, 0.15) is 6.04 Å². The Kier molecular flexibility index (Phi) is 6.75. The Morgan fingerprint density at radius 1 is 1.00 bits per heavy atom. The predicted molar refractivity (Wildman–Crippen MR) is 118 cm³/mol. The van der Waals surface area contributed by atoms with Crippen LogP contribution in [0.3, 0.4) is 0 Å². The number of nitrogens with one attached hydrogen (secondary N) is 2. The van der Waals surface area contributed by atoms with Gasteiger partial charge in [0.25, 0.3) is 0 Å². The first-order valence-electron chi connectivity index (χ1n) is 11.4. The maximum absolute atomic E-state index is 11.9. The number of imide groups is 1. The van der Waals surface area contributed by atoms with Crippen LogP contribution in [0.1, 0.15) is 38.5 Å². The van der Waals surface area contributed by atoms with E-state index in [0.717, 1.165) is 64.1 Å². The molecule has 8 heteroatoms. The summed E-state index contributed by atoms with van der Waals surface area (Å²) < 4.78 is 0. The van der Waals surface area contributed by atoms with Gasteiger partial charge in [0.15, 0.2) is 0 Å². The molecule has 1 unspecified atom stereocenters. The van der Waals surface area contributed by atoms with E-state index in [2.05, 4.69) is 32.6 Å². The van der Waals surface area contributed by atoms with E-state index in [-0.39, 0.29) is 23.8 Å². The van der Waals surface area contributed by atoms with Crippen LogP contribution < -0.4 is 15.5 Å². The van der Waals surface area contributed by atoms with Crippen LogP contribution in [-0.2, 0) is 14.4 Å². The number of rotatable bonds is 6. The van der Waals surface area contributed by atoms with Crippen molar-refractivity contribution in [2.45, 2.75) is 44.6 Å². The van der Waals surface area contributed by atoms with Gasteiger partial charge < -0.3 is 20.2 Å². The number of anilines is 2. The summed E-state index contributed by atoms with van der Waals surface area (Å²) in [5.74, 6) is -0.593. The molecule has 3 saturated heterocycles. The maximum Gasteiger partial charge on any atom is 0.306 e. The van der Waals surface area contributed by atoms with Gasteiger partial charge in [-0.25, -0.2) is 0 Å². The zero-order valence-corrected chi connectivity index (χ0v) is 17.9. The van der Waals surface area contributed by atoms with E-state index in [9.17, 15) is 14.4 Å². The van der Waals surface area contributed by atoms with Crippen LogP contribution >= 0.6 is 0 Å². The number of carbonyl (C=O) groups is 3. The molecule has 8 nitrogen and oxygen atoms in total. The zero-order valence-electron chi connectivity index (χ0n) is 17.9. The van der Waals surface area contributed by atoms with Gasteiger partial charge in [-0.05, 0) is 75.4 Å². The van der Waals surface area contributed by atoms with Crippen molar-refractivity contribution >= 4 is 29.2 Å². The summed E-state index contributed by atoms with van der Waals surface area (Å²) in [4.78, 5) is 39.1. The number of carboxylic acids is 1. The molecule has 0 aromatic heterocycles. The normalized spacial score (nSPS) is 24.1. The molecule has 3 fully saturated rings. The molecule has 3 aliphatic heterocycles. The summed E-state index contributed by atoms with van der Waals surface area (Å²) in [6.07, 6.45) is 4.73. The standard InChI is InChI=1S/C23H32N4O4/c28-21-6-5-20(22(29)25-21)24-18-1-3-19(4-2-18)27-13-7-16(8-14-27)15-26-11-9-17(10-12-26)23(30)31/h1-4,16-17,20,24H,5-15H2,(H,30,31)(H,25,28,29). The lowest BCUT2D eigenvalue weighted by Crippen LogP contribution is -2.47. The number of carboxylic acid groups (broad SMARTS) is 1. The van der Waals surface area contributed by atoms with E-state index in [0.29, 0.717) is 18.8 Å². The van der Waals surface area contributed by atoms with Gasteiger partial charge in [-0.2, -0.15) is 0 Å². The molecule has 168 valence electrons. The van der Waals surface area contributed by atoms with Gasteiger partial charge in [0.05, 0.1) is 5.92 Å². The highest BCUT2D eigenvalue weighted by atomic mass is 16.4. The number of carbonyl (C=O) groups excluding carboxylic acids is 2. The van der Waals surface area contributed by atoms with Crippen LogP contribution in [0.2, 0.25) is 0 Å². The van der Waals surface area contributed by atoms with Gasteiger partial charge in [0.2, 0.25) is 11.8 Å². The summed E-state index contributed by atoms with van der Waals surface area (Å²) in [6.45, 7) is 4.93. The van der Waals surface area contributed by atoms with Crippen molar-refractivity contribution in [2.75, 3.05) is 42.9 Å². The Bertz CT molecular complexity index is 796. The van der Waals surface area contributed by atoms with Crippen molar-refractivity contribution in [3.8, 4) is 0 Å². The SMILES string of the molecule is O=C1CCC(Nc2ccc(N3CCC(CN4CCC(C(=O)O)CC4)CC3)cc2)C(=O)N1. The van der Waals surface area contributed by atoms with Crippen molar-refractivity contribution in [3.63, 3.8) is 0 Å². The third-order valence-corrected chi connectivity index (χ3v) is 6.88. The minimum Gasteiger partial charge on any atom is -0.481 e. The second kappa shape index (κ2) is 9.68. The maximum atomic E-state index is 11.9. The first-order chi connectivity index (χ1) is 15.0. The Labute approximate surface area is 183 Å². The Morgan fingerprint density at radius 3 is 2.29 bits per heavy atom. The van der Waals surface area contributed by atoms with Crippen molar-refractivity contribution in [3.05, 3.63) is 24.3 Å². The average Bonchev–Trinajstić information content (AvgIpc) is 2.77. The molecule has 3 heterocycles. The molecule has 3 N–H and O–H groups in total. The number of hydrogen-bond donors (Lipinski definition) is 3. The predicted octanol–water partition coefficient (Wildman–Crippen LogP) is 1.92. The summed E-state index contributed by atoms with van der Waals surface area (Å²) >= 11 is 0. The lowest BCUT2D eigenvalue weighted by Gasteiger charge is -2.38. The number of likely N-dealkylation sites (tertiary alicyclic amines) is 1. The Hall–Kier alpha value is -2.61. The summed E-state index contributed by atoms with van der Waals surface area (Å²) in [6, 6.07) is 7.81. The fourth-order valence-electron chi connectivity index (χ4n) is 4.90. The fourth-order valence-corrected chi connectivity index (χ4v) is 4.90. The number of benzene rings is 1. The zero-order chi connectivity index (χ0) is 21.8. The highest BCUT2D eigenvalue weighted by Gasteiger charge is 2.28. The monoisotopic (exact) mass is 428 g/mol. The van der Waals surface area contributed by atoms with E-state index < -0.39 is 5.97 Å². The molecule has 2 amide bonds. The number of hydrogen-bond acceptors (Lipinski definition) is 6. The Morgan fingerprint density at radius 2 is 1.68 bits per heavy atom. The van der Waals surface area contributed by atoms with Crippen LogP contribution in [0.15, 0.2) is 24.3 Å². The molecule has 0 spiro atoms. The molecule has 0 radical (unpaired) electrons. The average molecular weight is 429 g/mol. The number of piperidine rings is 3. The third kappa shape index (κ3) is 5.55. The third-order valence-electron chi connectivity index (χ3n) is 6.88. The summed E-state index contributed by atoms with van der Waals surface area (Å²) in [7, 11) is 0. The quantitative estimate of drug-likeness (QED) is 0.595. The van der Waals surface area contributed by atoms with E-state index in [4.69, 9.17) is 5.11 Å². The Balaban J connectivity index is 1.21. The van der Waals surface area contributed by atoms with Crippen molar-refractivity contribution in [2.24, 2.45) is 11.8 Å². The second-order valence-electron chi connectivity index (χ2n) is 9.04. The molecular weight excluding hydrogens is 396 g/mol. The molecular formula is C23H32N4O4. The van der Waals surface area contributed by atoms with Crippen molar-refractivity contribution in [1.29, 1.82) is 0 Å². The van der Waals surface area contributed by atoms with Crippen LogP contribution in [0.4, 0.5) is 11.4 Å². The van der Waals surface area contributed by atoms with Gasteiger partial charge in [0, 0.05) is 37.4 Å². The molecule has 1 aromatic carbocycles. The first-order valence-corrected chi connectivity index (χ1v) is 11.4. The number of nitrogens with zero attached hydrogens (tertiary/aromatic N) is 2. The van der Waals surface area contributed by atoms with E-state index >= 15 is 0 Å². The van der Waals surface area contributed by atoms with Gasteiger partial charge >= 0.3 is 5.97 Å². The molecule has 0 bridgehead atoms. The van der Waals surface area contributed by atoms with Crippen molar-refractivity contribution in [1.82, 2.24) is 10.2 Å². The lowest BCUT2D eigenvalue weighted by atomic mass is 9.92. The molecule has 0 aliphatic carbocycles. The fraction of sp³-hybridized carbons (Fsp3) is 0.609. The highest BCUT2D eigenvalue weighted by molar-refractivity contribution is 6.01. The molecule has 4 rings (SSSR count). The van der Waals surface area contributed by atoms with Gasteiger partial charge in [-0.15, -0.1) is 0 Å². The second-order valence-corrected chi connectivity index (χ2v) is 9.04. The largest absolute Gasteiger partial charge is 0.481 e. The highest BCUT2D eigenvalue weighted by Crippen LogP contribution is 2.27. The summed E-state index contributed by atoms with van der Waals surface area (Å²) in [5.41, 5.74) is 2.08. The smallest absolute Gasteiger partial charge is 0.306 e. The van der Waals surface area contributed by atoms with E-state index in [1.807, 2.05) is 12.1 Å². The molecule has 3 aliphatic rings. The van der Waals surface area contributed by atoms with Crippen LogP contribution in [0.25, 0.3) is 0 Å². The molecule has 1 aromatic rings. The van der Waals surface area contributed by atoms with Gasteiger partial charge in [-0.1, -0.05) is 0 Å². The first kappa shape index (κ1) is 21.6. The van der Waals surface area contributed by atoms with Crippen molar-refractivity contribution < 1.29 is 19.5 Å². The number of aliphatic carboxylic acids is 1. The molecule has 1 atom stereocenters. The minimum atomic E-state index is -0.647. The number of amides is 2. The van der Waals surface area contributed by atoms with Crippen LogP contribution in [0, 0.1) is 11.8 Å². The lowest BCUT2D eigenvalue weighted by molar-refractivity contribution is -0.143. The van der Waals surface area contributed by atoms with Crippen LogP contribution in [-0.4, -0.2) is 66.6 Å². The summed E-state index contributed by atoms with van der Waals surface area (Å²) in [5, 5.41) is 14.7.